The van der Waals surface area contributed by atoms with Gasteiger partial charge in [-0.3, -0.25) is 9.59 Å². The molecule has 7 nitrogen and oxygen atoms in total. The lowest BCUT2D eigenvalue weighted by Crippen LogP contribution is -2.43. The molecule has 2 aromatic carbocycles. The van der Waals surface area contributed by atoms with E-state index in [1.54, 1.807) is 36.4 Å². The van der Waals surface area contributed by atoms with Crippen LogP contribution in [0.1, 0.15) is 25.8 Å². The number of anilines is 1. The van der Waals surface area contributed by atoms with Gasteiger partial charge in [0.05, 0.1) is 4.90 Å². The number of amides is 1. The van der Waals surface area contributed by atoms with E-state index in [1.165, 1.54) is 12.1 Å². The number of rotatable bonds is 9. The van der Waals surface area contributed by atoms with Crippen LogP contribution in [-0.4, -0.2) is 32.9 Å². The predicted molar refractivity (Wildman–Crippen MR) is 111 cm³/mol. The molecule has 2 rings (SSSR count). The summed E-state index contributed by atoms with van der Waals surface area (Å²) in [6.45, 7) is 5.07. The third-order valence-electron chi connectivity index (χ3n) is 4.02. The summed E-state index contributed by atoms with van der Waals surface area (Å²) in [5.74, 6) is -1.27. The van der Waals surface area contributed by atoms with Crippen LogP contribution in [0.2, 0.25) is 0 Å². The standard InChI is InChI=1S/C21H26N2O5S/c1-15(2)13-19(23-29(26,27)18-11-9-16(3)10-12-18)21(25)28-14-20(24)22-17-7-5-4-6-8-17/h4-12,15,19,23H,13-14H2,1-3H3,(H,22,24)/t19-/m0/s1. The van der Waals surface area contributed by atoms with Crippen molar-refractivity contribution in [1.29, 1.82) is 0 Å². The summed E-state index contributed by atoms with van der Waals surface area (Å²) < 4.78 is 32.7. The minimum atomic E-state index is -3.91. The van der Waals surface area contributed by atoms with Crippen molar-refractivity contribution >= 4 is 27.6 Å². The molecule has 0 radical (unpaired) electrons. The van der Waals surface area contributed by atoms with E-state index in [2.05, 4.69) is 10.0 Å². The van der Waals surface area contributed by atoms with E-state index in [0.717, 1.165) is 5.56 Å². The number of sulfonamides is 1. The molecule has 156 valence electrons. The Kier molecular flexibility index (Phi) is 7.92. The monoisotopic (exact) mass is 418 g/mol. The number of para-hydroxylation sites is 1. The molecule has 0 spiro atoms. The summed E-state index contributed by atoms with van der Waals surface area (Å²) in [6, 6.07) is 14.0. The zero-order chi connectivity index (χ0) is 21.4. The second-order valence-electron chi connectivity index (χ2n) is 7.14. The van der Waals surface area contributed by atoms with Crippen LogP contribution >= 0.6 is 0 Å². The van der Waals surface area contributed by atoms with E-state index in [9.17, 15) is 18.0 Å². The molecule has 1 amide bonds. The molecule has 0 saturated carbocycles. The van der Waals surface area contributed by atoms with Gasteiger partial charge in [-0.25, -0.2) is 8.42 Å². The van der Waals surface area contributed by atoms with Gasteiger partial charge in [0, 0.05) is 5.69 Å². The summed E-state index contributed by atoms with van der Waals surface area (Å²) in [5, 5.41) is 2.60. The van der Waals surface area contributed by atoms with Crippen LogP contribution in [0.3, 0.4) is 0 Å². The fraction of sp³-hybridized carbons (Fsp3) is 0.333. The number of carbonyl (C=O) groups excluding carboxylic acids is 2. The van der Waals surface area contributed by atoms with Gasteiger partial charge < -0.3 is 10.1 Å². The van der Waals surface area contributed by atoms with Crippen molar-refractivity contribution in [1.82, 2.24) is 4.72 Å². The summed E-state index contributed by atoms with van der Waals surface area (Å²) in [4.78, 5) is 24.5. The number of hydrogen-bond acceptors (Lipinski definition) is 5. The van der Waals surface area contributed by atoms with Crippen molar-refractivity contribution in [2.24, 2.45) is 5.92 Å². The molecule has 8 heteroatoms. The molecular formula is C21H26N2O5S. The zero-order valence-corrected chi connectivity index (χ0v) is 17.5. The summed E-state index contributed by atoms with van der Waals surface area (Å²) in [6.07, 6.45) is 0.240. The summed E-state index contributed by atoms with van der Waals surface area (Å²) in [7, 11) is -3.91. The molecule has 0 aliphatic heterocycles. The molecular weight excluding hydrogens is 392 g/mol. The number of benzene rings is 2. The molecule has 1 atom stereocenters. The minimum Gasteiger partial charge on any atom is -0.454 e. The highest BCUT2D eigenvalue weighted by Gasteiger charge is 2.28. The predicted octanol–water partition coefficient (Wildman–Crippen LogP) is 2.87. The Morgan fingerprint density at radius 1 is 1.00 bits per heavy atom. The first-order chi connectivity index (χ1) is 13.7. The quantitative estimate of drug-likeness (QED) is 0.610. The maximum absolute atomic E-state index is 12.6. The van der Waals surface area contributed by atoms with E-state index < -0.39 is 34.5 Å². The first-order valence-corrected chi connectivity index (χ1v) is 10.8. The number of carbonyl (C=O) groups is 2. The van der Waals surface area contributed by atoms with Gasteiger partial charge in [0.1, 0.15) is 6.04 Å². The van der Waals surface area contributed by atoms with E-state index in [4.69, 9.17) is 4.74 Å². The molecule has 2 N–H and O–H groups in total. The molecule has 0 saturated heterocycles. The topological polar surface area (TPSA) is 102 Å². The Bertz CT molecular complexity index is 925. The van der Waals surface area contributed by atoms with Gasteiger partial charge in [0.2, 0.25) is 10.0 Å². The number of esters is 1. The first kappa shape index (κ1) is 22.6. The van der Waals surface area contributed by atoms with Gasteiger partial charge in [-0.1, -0.05) is 49.7 Å². The number of hydrogen-bond donors (Lipinski definition) is 2. The zero-order valence-electron chi connectivity index (χ0n) is 16.7. The van der Waals surface area contributed by atoms with Crippen LogP contribution in [0, 0.1) is 12.8 Å². The number of aryl methyl sites for hydroxylation is 1. The van der Waals surface area contributed by atoms with Gasteiger partial charge in [-0.2, -0.15) is 4.72 Å². The third kappa shape index (κ3) is 7.32. The average molecular weight is 419 g/mol. The first-order valence-electron chi connectivity index (χ1n) is 9.28. The van der Waals surface area contributed by atoms with E-state index >= 15 is 0 Å². The van der Waals surface area contributed by atoms with Crippen LogP contribution in [0.5, 0.6) is 0 Å². The second kappa shape index (κ2) is 10.2. The summed E-state index contributed by atoms with van der Waals surface area (Å²) >= 11 is 0. The number of ether oxygens (including phenoxy) is 1. The van der Waals surface area contributed by atoms with Crippen LogP contribution in [-0.2, 0) is 24.3 Å². The Hall–Kier alpha value is -2.71. The fourth-order valence-electron chi connectivity index (χ4n) is 2.59. The van der Waals surface area contributed by atoms with Crippen molar-refractivity contribution in [2.75, 3.05) is 11.9 Å². The highest BCUT2D eigenvalue weighted by atomic mass is 32.2. The van der Waals surface area contributed by atoms with Gasteiger partial charge in [-0.05, 0) is 43.5 Å². The molecule has 0 fully saturated rings. The minimum absolute atomic E-state index is 0.0337. The van der Waals surface area contributed by atoms with Crippen LogP contribution in [0.4, 0.5) is 5.69 Å². The van der Waals surface area contributed by atoms with E-state index in [1.807, 2.05) is 26.8 Å². The highest BCUT2D eigenvalue weighted by molar-refractivity contribution is 7.89. The lowest BCUT2D eigenvalue weighted by Gasteiger charge is -2.19. The third-order valence-corrected chi connectivity index (χ3v) is 5.51. The van der Waals surface area contributed by atoms with E-state index in [-0.39, 0.29) is 17.2 Å². The Balaban J connectivity index is 2.01. The molecule has 0 aliphatic carbocycles. The van der Waals surface area contributed by atoms with Crippen molar-refractivity contribution in [3.8, 4) is 0 Å². The van der Waals surface area contributed by atoms with Gasteiger partial charge in [0.15, 0.2) is 6.61 Å². The van der Waals surface area contributed by atoms with Crippen LogP contribution in [0.25, 0.3) is 0 Å². The average Bonchev–Trinajstić information content (AvgIpc) is 2.66. The molecule has 0 heterocycles. The fourth-order valence-corrected chi connectivity index (χ4v) is 3.79. The Morgan fingerprint density at radius 2 is 1.62 bits per heavy atom. The Labute approximate surface area is 171 Å². The molecule has 0 unspecified atom stereocenters. The van der Waals surface area contributed by atoms with Crippen LogP contribution < -0.4 is 10.0 Å². The van der Waals surface area contributed by atoms with Gasteiger partial charge in [-0.15, -0.1) is 0 Å². The van der Waals surface area contributed by atoms with E-state index in [0.29, 0.717) is 5.69 Å². The molecule has 2 aromatic rings. The molecule has 0 aliphatic rings. The normalized spacial score (nSPS) is 12.4. The largest absolute Gasteiger partial charge is 0.454 e. The van der Waals surface area contributed by atoms with Crippen molar-refractivity contribution < 1.29 is 22.7 Å². The second-order valence-corrected chi connectivity index (χ2v) is 8.85. The lowest BCUT2D eigenvalue weighted by molar-refractivity contribution is -0.149. The number of nitrogens with one attached hydrogen (secondary N) is 2. The van der Waals surface area contributed by atoms with Gasteiger partial charge in [0.25, 0.3) is 5.91 Å². The summed E-state index contributed by atoms with van der Waals surface area (Å²) in [5.41, 5.74) is 1.50. The van der Waals surface area contributed by atoms with Crippen LogP contribution in [0.15, 0.2) is 59.5 Å². The molecule has 0 bridgehead atoms. The van der Waals surface area contributed by atoms with Gasteiger partial charge >= 0.3 is 5.97 Å². The van der Waals surface area contributed by atoms with Crippen molar-refractivity contribution in [3.63, 3.8) is 0 Å². The molecule has 0 aromatic heterocycles. The maximum Gasteiger partial charge on any atom is 0.324 e. The lowest BCUT2D eigenvalue weighted by atomic mass is 10.1. The highest BCUT2D eigenvalue weighted by Crippen LogP contribution is 2.14. The maximum atomic E-state index is 12.6. The Morgan fingerprint density at radius 3 is 2.21 bits per heavy atom. The molecule has 29 heavy (non-hydrogen) atoms. The smallest absolute Gasteiger partial charge is 0.324 e. The van der Waals surface area contributed by atoms with Crippen molar-refractivity contribution in [3.05, 3.63) is 60.2 Å². The van der Waals surface area contributed by atoms with Crippen molar-refractivity contribution in [2.45, 2.75) is 38.1 Å². The SMILES string of the molecule is Cc1ccc(S(=O)(=O)N[C@@H](CC(C)C)C(=O)OCC(=O)Nc2ccccc2)cc1.